The number of anilines is 1. The fraction of sp³-hybridized carbons (Fsp3) is 0.500. The van der Waals surface area contributed by atoms with Crippen LogP contribution in [0, 0.1) is 5.92 Å². The van der Waals surface area contributed by atoms with Crippen molar-refractivity contribution in [3.05, 3.63) is 59.8 Å². The van der Waals surface area contributed by atoms with Gasteiger partial charge in [-0.25, -0.2) is 9.78 Å². The topological polar surface area (TPSA) is 92.1 Å². The average Bonchev–Trinajstić information content (AvgIpc) is 3.23. The second-order valence-electron chi connectivity index (χ2n) is 11.1. The Morgan fingerprint density at radius 3 is 2.59 bits per heavy atom. The van der Waals surface area contributed by atoms with Crippen LogP contribution in [0.1, 0.15) is 74.6 Å². The normalized spacial score (nSPS) is 14.6. The molecule has 37 heavy (non-hydrogen) atoms. The molecule has 3 aromatic rings. The number of pyridine rings is 2. The van der Waals surface area contributed by atoms with Crippen LogP contribution in [0.25, 0.3) is 5.65 Å². The van der Waals surface area contributed by atoms with E-state index in [1.165, 1.54) is 6.42 Å². The molecule has 1 aliphatic carbocycles. The van der Waals surface area contributed by atoms with Crippen molar-refractivity contribution >= 4 is 23.3 Å². The number of fused-ring (bicyclic) bond motifs is 1. The number of nitrogens with one attached hydrogen (secondary N) is 1. The summed E-state index contributed by atoms with van der Waals surface area (Å²) in [6.07, 6.45) is 10.4. The molecule has 1 unspecified atom stereocenters. The van der Waals surface area contributed by atoms with Gasteiger partial charge in [0.1, 0.15) is 11.2 Å². The first-order valence-corrected chi connectivity index (χ1v) is 12.9. The minimum absolute atomic E-state index is 0.203. The average molecular weight is 507 g/mol. The molecule has 9 nitrogen and oxygen atoms in total. The first-order valence-electron chi connectivity index (χ1n) is 12.9. The van der Waals surface area contributed by atoms with Crippen LogP contribution in [-0.2, 0) is 11.3 Å². The second kappa shape index (κ2) is 10.8. The number of ether oxygens (including phenoxy) is 1. The lowest BCUT2D eigenvalue weighted by Gasteiger charge is -2.33. The van der Waals surface area contributed by atoms with Gasteiger partial charge < -0.3 is 24.3 Å². The Kier molecular flexibility index (Phi) is 7.71. The van der Waals surface area contributed by atoms with Crippen molar-refractivity contribution in [2.75, 3.05) is 25.5 Å². The number of rotatable bonds is 8. The molecule has 0 aliphatic heterocycles. The molecular weight excluding hydrogens is 468 g/mol. The van der Waals surface area contributed by atoms with Gasteiger partial charge in [0.25, 0.3) is 5.91 Å². The largest absolute Gasteiger partial charge is 0.444 e. The summed E-state index contributed by atoms with van der Waals surface area (Å²) in [6, 6.07) is 5.45. The van der Waals surface area contributed by atoms with Crippen LogP contribution in [0.4, 0.5) is 10.5 Å². The number of amides is 2. The van der Waals surface area contributed by atoms with Gasteiger partial charge in [0, 0.05) is 39.2 Å². The maximum Gasteiger partial charge on any atom is 0.410 e. The van der Waals surface area contributed by atoms with Gasteiger partial charge in [-0.2, -0.15) is 0 Å². The molecule has 9 heteroatoms. The highest BCUT2D eigenvalue weighted by Gasteiger charge is 2.27. The van der Waals surface area contributed by atoms with Crippen molar-refractivity contribution in [2.45, 2.75) is 65.1 Å². The third-order valence-electron chi connectivity index (χ3n) is 6.55. The maximum absolute atomic E-state index is 12.9. The summed E-state index contributed by atoms with van der Waals surface area (Å²) < 4.78 is 7.62. The minimum Gasteiger partial charge on any atom is -0.444 e. The highest BCUT2D eigenvalue weighted by atomic mass is 16.6. The molecule has 0 spiro atoms. The Labute approximate surface area is 218 Å². The number of hydrogen-bond donors (Lipinski definition) is 1. The smallest absolute Gasteiger partial charge is 0.410 e. The molecular formula is C28H38N6O3. The van der Waals surface area contributed by atoms with E-state index in [4.69, 9.17) is 9.72 Å². The Morgan fingerprint density at radius 2 is 1.95 bits per heavy atom. The summed E-state index contributed by atoms with van der Waals surface area (Å²) in [5, 5.41) is 3.01. The molecule has 0 radical (unpaired) electrons. The van der Waals surface area contributed by atoms with Crippen LogP contribution in [0.3, 0.4) is 0 Å². The van der Waals surface area contributed by atoms with Crippen LogP contribution >= 0.6 is 0 Å². The summed E-state index contributed by atoms with van der Waals surface area (Å²) in [7, 11) is 3.82. The zero-order valence-electron chi connectivity index (χ0n) is 22.7. The Balaban J connectivity index is 1.47. The molecule has 0 bridgehead atoms. The number of carbonyl (C=O) groups excluding carboxylic acids is 2. The maximum atomic E-state index is 12.9. The number of nitrogens with zero attached hydrogens (tertiary/aromatic N) is 5. The molecule has 1 saturated carbocycles. The first-order chi connectivity index (χ1) is 17.5. The van der Waals surface area contributed by atoms with Crippen molar-refractivity contribution in [2.24, 2.45) is 5.92 Å². The van der Waals surface area contributed by atoms with Gasteiger partial charge in [0.2, 0.25) is 0 Å². The van der Waals surface area contributed by atoms with Gasteiger partial charge in [-0.3, -0.25) is 9.78 Å². The van der Waals surface area contributed by atoms with Crippen LogP contribution in [0.2, 0.25) is 0 Å². The lowest BCUT2D eigenvalue weighted by Crippen LogP contribution is -2.40. The van der Waals surface area contributed by atoms with E-state index in [-0.39, 0.29) is 18.0 Å². The van der Waals surface area contributed by atoms with Crippen LogP contribution in [0.5, 0.6) is 0 Å². The molecule has 1 N–H and O–H groups in total. The fourth-order valence-corrected chi connectivity index (χ4v) is 4.25. The highest BCUT2D eigenvalue weighted by Crippen LogP contribution is 2.28. The monoisotopic (exact) mass is 506 g/mol. The van der Waals surface area contributed by atoms with Crippen molar-refractivity contribution < 1.29 is 14.3 Å². The fourth-order valence-electron chi connectivity index (χ4n) is 4.25. The van der Waals surface area contributed by atoms with E-state index in [0.29, 0.717) is 24.6 Å². The molecule has 1 atom stereocenters. The van der Waals surface area contributed by atoms with Crippen molar-refractivity contribution in [1.82, 2.24) is 24.6 Å². The number of carbonyl (C=O) groups is 2. The predicted octanol–water partition coefficient (Wildman–Crippen LogP) is 4.82. The summed E-state index contributed by atoms with van der Waals surface area (Å²) in [6.45, 7) is 8.75. The van der Waals surface area contributed by atoms with E-state index < -0.39 is 5.60 Å². The van der Waals surface area contributed by atoms with Gasteiger partial charge >= 0.3 is 6.09 Å². The van der Waals surface area contributed by atoms with Gasteiger partial charge in [-0.05, 0) is 64.2 Å². The summed E-state index contributed by atoms with van der Waals surface area (Å²) in [5.41, 5.74) is 3.34. The van der Waals surface area contributed by atoms with Crippen molar-refractivity contribution in [3.8, 4) is 0 Å². The molecule has 0 aromatic carbocycles. The summed E-state index contributed by atoms with van der Waals surface area (Å²) in [4.78, 5) is 38.3. The van der Waals surface area contributed by atoms with E-state index in [1.54, 1.807) is 12.4 Å². The molecule has 4 rings (SSSR count). The van der Waals surface area contributed by atoms with E-state index in [2.05, 4.69) is 10.3 Å². The minimum atomic E-state index is -0.539. The lowest BCUT2D eigenvalue weighted by atomic mass is 9.85. The molecule has 1 fully saturated rings. The third-order valence-corrected chi connectivity index (χ3v) is 6.55. The number of imidazole rings is 1. The van der Waals surface area contributed by atoms with E-state index in [1.807, 2.05) is 86.6 Å². The Bertz CT molecular complexity index is 1260. The summed E-state index contributed by atoms with van der Waals surface area (Å²) >= 11 is 0. The van der Waals surface area contributed by atoms with Crippen molar-refractivity contribution in [3.63, 3.8) is 0 Å². The van der Waals surface area contributed by atoms with Crippen LogP contribution < -0.4 is 10.2 Å². The highest BCUT2D eigenvalue weighted by molar-refractivity contribution is 5.95. The number of aromatic nitrogens is 3. The van der Waals surface area contributed by atoms with Crippen molar-refractivity contribution in [1.29, 1.82) is 0 Å². The lowest BCUT2D eigenvalue weighted by molar-refractivity contribution is 0.0173. The Morgan fingerprint density at radius 1 is 1.19 bits per heavy atom. The third kappa shape index (κ3) is 6.78. The quantitative estimate of drug-likeness (QED) is 0.471. The van der Waals surface area contributed by atoms with Gasteiger partial charge in [-0.1, -0.05) is 12.5 Å². The van der Waals surface area contributed by atoms with E-state index in [0.717, 1.165) is 35.4 Å². The predicted molar refractivity (Wildman–Crippen MR) is 144 cm³/mol. The van der Waals surface area contributed by atoms with E-state index >= 15 is 0 Å². The van der Waals surface area contributed by atoms with Crippen LogP contribution in [0.15, 0.2) is 43.0 Å². The van der Waals surface area contributed by atoms with Gasteiger partial charge in [-0.15, -0.1) is 0 Å². The Hall–Kier alpha value is -3.62. The van der Waals surface area contributed by atoms with Crippen LogP contribution in [-0.4, -0.2) is 57.5 Å². The number of hydrogen-bond acceptors (Lipinski definition) is 6. The second-order valence-corrected chi connectivity index (χ2v) is 11.1. The first kappa shape index (κ1) is 26.4. The SMILES string of the molecule is CC(NC(=O)c1cncc(N(C)C)c1)c1cn2cc(CN(CC3CCC3)C(=O)OC(C)(C)C)ccc2n1. The standard InChI is InChI=1S/C28H38N6O3/c1-19(30-26(35)22-12-23(32(5)6)14-29-13-22)24-18-33-16-21(10-11-25(33)31-24)17-34(15-20-8-7-9-20)27(36)37-28(2,3)4/h10-14,16,18-20H,7-9,15,17H2,1-6H3,(H,30,35). The zero-order valence-corrected chi connectivity index (χ0v) is 22.7. The molecule has 3 aromatic heterocycles. The molecule has 2 amide bonds. The van der Waals surface area contributed by atoms with Gasteiger partial charge in [0.15, 0.2) is 0 Å². The molecule has 198 valence electrons. The zero-order chi connectivity index (χ0) is 26.7. The van der Waals surface area contributed by atoms with E-state index in [9.17, 15) is 9.59 Å². The summed E-state index contributed by atoms with van der Waals surface area (Å²) in [5.74, 6) is 0.333. The molecule has 3 heterocycles. The van der Waals surface area contributed by atoms with Gasteiger partial charge in [0.05, 0.1) is 35.7 Å². The molecule has 0 saturated heterocycles. The molecule has 1 aliphatic rings.